The van der Waals surface area contributed by atoms with Gasteiger partial charge in [0.25, 0.3) is 0 Å². The Bertz CT molecular complexity index is 394. The predicted molar refractivity (Wildman–Crippen MR) is 70.3 cm³/mol. The zero-order chi connectivity index (χ0) is 13.0. The maximum atomic E-state index is 11.1. The average molecular weight is 234 g/mol. The average Bonchev–Trinajstić information content (AvgIpc) is 2.20. The maximum Gasteiger partial charge on any atom is 0.129 e. The number of rotatable bonds is 5. The molecule has 0 radical (unpaired) electrons. The Morgan fingerprint density at radius 2 is 2.00 bits per heavy atom. The third-order valence-electron chi connectivity index (χ3n) is 3.20. The van der Waals surface area contributed by atoms with Gasteiger partial charge in [0.1, 0.15) is 11.5 Å². The van der Waals surface area contributed by atoms with E-state index in [1.807, 2.05) is 19.1 Å². The van der Waals surface area contributed by atoms with E-state index in [1.165, 1.54) is 0 Å². The predicted octanol–water partition coefficient (Wildman–Crippen LogP) is 3.81. The topological polar surface area (TPSA) is 37.3 Å². The number of phenols is 1. The van der Waals surface area contributed by atoms with Gasteiger partial charge in [-0.25, -0.2) is 0 Å². The summed E-state index contributed by atoms with van der Waals surface area (Å²) in [5, 5.41) is 9.99. The van der Waals surface area contributed by atoms with Gasteiger partial charge in [-0.1, -0.05) is 26.0 Å². The number of carbonyl (C=O) groups excluding carboxylic acids is 1. The molecule has 1 aromatic carbocycles. The highest BCUT2D eigenvalue weighted by Gasteiger charge is 2.19. The van der Waals surface area contributed by atoms with Crippen molar-refractivity contribution in [2.45, 2.75) is 46.5 Å². The third kappa shape index (κ3) is 3.88. The first-order valence-corrected chi connectivity index (χ1v) is 6.20. The van der Waals surface area contributed by atoms with Crippen LogP contribution in [0.5, 0.6) is 5.75 Å². The summed E-state index contributed by atoms with van der Waals surface area (Å²) in [4.78, 5) is 11.1. The summed E-state index contributed by atoms with van der Waals surface area (Å²) in [5.41, 5.74) is 2.02. The van der Waals surface area contributed by atoms with E-state index in [-0.39, 0.29) is 11.7 Å². The molecule has 2 heteroatoms. The molecule has 0 aliphatic rings. The summed E-state index contributed by atoms with van der Waals surface area (Å²) in [6.45, 7) is 7.84. The van der Waals surface area contributed by atoms with Gasteiger partial charge in [0.2, 0.25) is 0 Å². The number of aryl methyl sites for hydroxylation is 1. The lowest BCUT2D eigenvalue weighted by Gasteiger charge is -2.22. The fraction of sp³-hybridized carbons (Fsp3) is 0.533. The molecule has 0 saturated heterocycles. The number of carbonyl (C=O) groups is 1. The molecule has 0 aliphatic carbocycles. The van der Waals surface area contributed by atoms with Crippen LogP contribution in [0.1, 0.15) is 50.7 Å². The second kappa shape index (κ2) is 5.85. The summed E-state index contributed by atoms with van der Waals surface area (Å²) >= 11 is 0. The molecule has 0 heterocycles. The summed E-state index contributed by atoms with van der Waals surface area (Å²) in [5.74, 6) is 1.23. The summed E-state index contributed by atoms with van der Waals surface area (Å²) < 4.78 is 0. The molecule has 0 saturated carbocycles. The molecular weight excluding hydrogens is 212 g/mol. The smallest absolute Gasteiger partial charge is 0.129 e. The van der Waals surface area contributed by atoms with Crippen LogP contribution in [0.3, 0.4) is 0 Å². The van der Waals surface area contributed by atoms with Crippen LogP contribution in [-0.2, 0) is 4.79 Å². The first-order valence-electron chi connectivity index (χ1n) is 6.20. The number of Topliss-reactive ketones (excluding diaryl/α,β-unsaturated/α-hetero) is 1. The van der Waals surface area contributed by atoms with E-state index in [0.717, 1.165) is 17.5 Å². The summed E-state index contributed by atoms with van der Waals surface area (Å²) in [6, 6.07) is 5.78. The van der Waals surface area contributed by atoms with E-state index >= 15 is 0 Å². The maximum absolute atomic E-state index is 11.1. The zero-order valence-electron chi connectivity index (χ0n) is 11.2. The van der Waals surface area contributed by atoms with Crippen molar-refractivity contribution >= 4 is 5.78 Å². The molecule has 2 nitrogen and oxygen atoms in total. The molecule has 1 atom stereocenters. The number of ketones is 1. The van der Waals surface area contributed by atoms with E-state index in [1.54, 1.807) is 13.0 Å². The van der Waals surface area contributed by atoms with Gasteiger partial charge < -0.3 is 9.90 Å². The second-order valence-corrected chi connectivity index (χ2v) is 5.15. The lowest BCUT2D eigenvalue weighted by atomic mass is 9.83. The van der Waals surface area contributed by atoms with Gasteiger partial charge in [0.15, 0.2) is 0 Å². The summed E-state index contributed by atoms with van der Waals surface area (Å²) in [7, 11) is 0. The van der Waals surface area contributed by atoms with Crippen LogP contribution in [-0.4, -0.2) is 10.9 Å². The van der Waals surface area contributed by atoms with Gasteiger partial charge in [0.05, 0.1) is 0 Å². The van der Waals surface area contributed by atoms with Gasteiger partial charge in [0, 0.05) is 6.42 Å². The van der Waals surface area contributed by atoms with Crippen LogP contribution in [0.25, 0.3) is 0 Å². The van der Waals surface area contributed by atoms with Gasteiger partial charge in [-0.05, 0) is 49.3 Å². The van der Waals surface area contributed by atoms with Crippen LogP contribution in [0.2, 0.25) is 0 Å². The highest BCUT2D eigenvalue weighted by molar-refractivity contribution is 5.75. The SMILES string of the molecule is CC(=O)CCC(c1ccc(C)cc1O)C(C)C. The van der Waals surface area contributed by atoms with Crippen LogP contribution in [0.15, 0.2) is 18.2 Å². The van der Waals surface area contributed by atoms with Crippen LogP contribution < -0.4 is 0 Å². The molecule has 1 unspecified atom stereocenters. The first-order chi connectivity index (χ1) is 7.91. The normalized spacial score (nSPS) is 12.8. The fourth-order valence-corrected chi connectivity index (χ4v) is 2.17. The quantitative estimate of drug-likeness (QED) is 0.841. The van der Waals surface area contributed by atoms with E-state index in [4.69, 9.17) is 0 Å². The Morgan fingerprint density at radius 3 is 2.47 bits per heavy atom. The van der Waals surface area contributed by atoms with E-state index in [9.17, 15) is 9.90 Å². The monoisotopic (exact) mass is 234 g/mol. The molecule has 1 aromatic rings. The molecule has 17 heavy (non-hydrogen) atoms. The minimum atomic E-state index is 0.210. The lowest BCUT2D eigenvalue weighted by Crippen LogP contribution is -2.09. The Kier molecular flexibility index (Phi) is 4.73. The van der Waals surface area contributed by atoms with Gasteiger partial charge in [-0.2, -0.15) is 0 Å². The highest BCUT2D eigenvalue weighted by atomic mass is 16.3. The van der Waals surface area contributed by atoms with E-state index < -0.39 is 0 Å². The molecule has 94 valence electrons. The van der Waals surface area contributed by atoms with Crippen molar-refractivity contribution in [3.05, 3.63) is 29.3 Å². The van der Waals surface area contributed by atoms with Crippen LogP contribution in [0, 0.1) is 12.8 Å². The number of hydrogen-bond acceptors (Lipinski definition) is 2. The minimum absolute atomic E-state index is 0.210. The fourth-order valence-electron chi connectivity index (χ4n) is 2.17. The molecular formula is C15H22O2. The number of hydrogen-bond donors (Lipinski definition) is 1. The standard InChI is InChI=1S/C15H22O2/c1-10(2)13(8-6-12(4)16)14-7-5-11(3)9-15(14)17/h5,7,9-10,13,17H,6,8H2,1-4H3. The molecule has 0 amide bonds. The number of benzene rings is 1. The number of phenolic OH excluding ortho intramolecular Hbond substituents is 1. The van der Waals surface area contributed by atoms with Crippen molar-refractivity contribution in [3.63, 3.8) is 0 Å². The van der Waals surface area contributed by atoms with Crippen molar-refractivity contribution < 1.29 is 9.90 Å². The molecule has 1 rings (SSSR count). The third-order valence-corrected chi connectivity index (χ3v) is 3.20. The Labute approximate surface area is 104 Å². The van der Waals surface area contributed by atoms with Crippen molar-refractivity contribution in [2.24, 2.45) is 5.92 Å². The highest BCUT2D eigenvalue weighted by Crippen LogP contribution is 2.35. The van der Waals surface area contributed by atoms with Crippen molar-refractivity contribution in [3.8, 4) is 5.75 Å². The molecule has 0 spiro atoms. The van der Waals surface area contributed by atoms with E-state index in [0.29, 0.717) is 18.1 Å². The van der Waals surface area contributed by atoms with Crippen molar-refractivity contribution in [2.75, 3.05) is 0 Å². The number of aromatic hydroxyl groups is 1. The first kappa shape index (κ1) is 13.8. The largest absolute Gasteiger partial charge is 0.508 e. The Morgan fingerprint density at radius 1 is 1.35 bits per heavy atom. The van der Waals surface area contributed by atoms with Crippen LogP contribution >= 0.6 is 0 Å². The molecule has 0 bridgehead atoms. The van der Waals surface area contributed by atoms with Crippen molar-refractivity contribution in [1.82, 2.24) is 0 Å². The van der Waals surface area contributed by atoms with E-state index in [2.05, 4.69) is 13.8 Å². The van der Waals surface area contributed by atoms with Gasteiger partial charge >= 0.3 is 0 Å². The van der Waals surface area contributed by atoms with Crippen LogP contribution in [0.4, 0.5) is 0 Å². The van der Waals surface area contributed by atoms with Crippen molar-refractivity contribution in [1.29, 1.82) is 0 Å². The molecule has 0 fully saturated rings. The molecule has 0 aliphatic heterocycles. The minimum Gasteiger partial charge on any atom is -0.508 e. The van der Waals surface area contributed by atoms with Gasteiger partial charge in [-0.3, -0.25) is 0 Å². The lowest BCUT2D eigenvalue weighted by molar-refractivity contribution is -0.117. The van der Waals surface area contributed by atoms with Gasteiger partial charge in [-0.15, -0.1) is 0 Å². The second-order valence-electron chi connectivity index (χ2n) is 5.15. The zero-order valence-corrected chi connectivity index (χ0v) is 11.2. The Hall–Kier alpha value is -1.31. The summed E-state index contributed by atoms with van der Waals surface area (Å²) in [6.07, 6.45) is 1.39. The Balaban J connectivity index is 2.93. The molecule has 1 N–H and O–H groups in total. The molecule has 0 aromatic heterocycles.